The predicted octanol–water partition coefficient (Wildman–Crippen LogP) is 4.65. The third-order valence-electron chi connectivity index (χ3n) is 4.43. The van der Waals surface area contributed by atoms with E-state index in [1.807, 2.05) is 62.4 Å². The summed E-state index contributed by atoms with van der Waals surface area (Å²) < 4.78 is 16.7. The molecule has 0 aliphatic carbocycles. The molecule has 0 saturated carbocycles. The van der Waals surface area contributed by atoms with E-state index in [1.54, 1.807) is 7.11 Å². The minimum Gasteiger partial charge on any atom is -0.497 e. The number of nitrogens with one attached hydrogen (secondary N) is 1. The Balaban J connectivity index is 1.60. The second kappa shape index (κ2) is 8.62. The van der Waals surface area contributed by atoms with E-state index in [-0.39, 0.29) is 11.9 Å². The molecule has 0 saturated heterocycles. The number of fused-ring (bicyclic) bond motifs is 1. The topological polar surface area (TPSA) is 60.7 Å². The smallest absolute Gasteiger partial charge is 0.220 e. The predicted molar refractivity (Wildman–Crippen MR) is 105 cm³/mol. The maximum Gasteiger partial charge on any atom is 0.220 e. The Bertz CT molecular complexity index is 898. The van der Waals surface area contributed by atoms with E-state index in [1.165, 1.54) is 0 Å². The Morgan fingerprint density at radius 1 is 1.19 bits per heavy atom. The van der Waals surface area contributed by atoms with Crippen molar-refractivity contribution in [3.05, 3.63) is 59.9 Å². The molecule has 1 amide bonds. The molecule has 1 N–H and O–H groups in total. The number of hydrogen-bond acceptors (Lipinski definition) is 4. The number of benzene rings is 2. The molecule has 2 aromatic carbocycles. The van der Waals surface area contributed by atoms with Crippen LogP contribution in [0.5, 0.6) is 11.5 Å². The summed E-state index contributed by atoms with van der Waals surface area (Å²) in [5.41, 5.74) is 1.82. The van der Waals surface area contributed by atoms with Crippen molar-refractivity contribution in [2.24, 2.45) is 0 Å². The van der Waals surface area contributed by atoms with Crippen LogP contribution in [-0.2, 0) is 11.2 Å². The molecule has 0 bridgehead atoms. The normalized spacial score (nSPS) is 12.0. The number of furan rings is 1. The van der Waals surface area contributed by atoms with Crippen LogP contribution in [0.15, 0.2) is 52.9 Å². The largest absolute Gasteiger partial charge is 0.497 e. The van der Waals surface area contributed by atoms with Crippen molar-refractivity contribution in [3.63, 3.8) is 0 Å². The number of amides is 1. The number of para-hydroxylation sites is 1. The monoisotopic (exact) mass is 367 g/mol. The maximum atomic E-state index is 12.3. The Labute approximate surface area is 159 Å². The van der Waals surface area contributed by atoms with Gasteiger partial charge in [0.1, 0.15) is 11.5 Å². The zero-order valence-electron chi connectivity index (χ0n) is 16.0. The van der Waals surface area contributed by atoms with Gasteiger partial charge in [-0.2, -0.15) is 0 Å². The molecule has 27 heavy (non-hydrogen) atoms. The molecule has 0 fully saturated rings. The van der Waals surface area contributed by atoms with Gasteiger partial charge < -0.3 is 19.2 Å². The molecule has 1 aromatic heterocycles. The first kappa shape index (κ1) is 18.8. The summed E-state index contributed by atoms with van der Waals surface area (Å²) in [6, 6.07) is 15.3. The maximum absolute atomic E-state index is 12.3. The van der Waals surface area contributed by atoms with Gasteiger partial charge >= 0.3 is 0 Å². The number of carbonyl (C=O) groups is 1. The lowest BCUT2D eigenvalue weighted by atomic mass is 10.1. The van der Waals surface area contributed by atoms with E-state index < -0.39 is 0 Å². The Morgan fingerprint density at radius 2 is 1.96 bits per heavy atom. The molecule has 3 rings (SSSR count). The fraction of sp³-hybridized carbons (Fsp3) is 0.318. The van der Waals surface area contributed by atoms with E-state index >= 15 is 0 Å². The van der Waals surface area contributed by atoms with Gasteiger partial charge in [0.05, 0.1) is 19.8 Å². The minimum absolute atomic E-state index is 0.0104. The van der Waals surface area contributed by atoms with Crippen LogP contribution < -0.4 is 14.8 Å². The summed E-state index contributed by atoms with van der Waals surface area (Å²) in [7, 11) is 1.64. The highest BCUT2D eigenvalue weighted by Crippen LogP contribution is 2.31. The zero-order valence-corrected chi connectivity index (χ0v) is 16.0. The molecule has 1 heterocycles. The van der Waals surface area contributed by atoms with Crippen molar-refractivity contribution in [1.29, 1.82) is 0 Å². The lowest BCUT2D eigenvalue weighted by molar-refractivity contribution is -0.121. The first-order valence-electron chi connectivity index (χ1n) is 9.18. The van der Waals surface area contributed by atoms with Gasteiger partial charge in [0.2, 0.25) is 5.91 Å². The first-order chi connectivity index (χ1) is 13.1. The third-order valence-corrected chi connectivity index (χ3v) is 4.43. The van der Waals surface area contributed by atoms with Crippen LogP contribution in [0.4, 0.5) is 0 Å². The lowest BCUT2D eigenvalue weighted by Gasteiger charge is -2.11. The van der Waals surface area contributed by atoms with E-state index in [4.69, 9.17) is 13.9 Å². The molecular weight excluding hydrogens is 342 g/mol. The van der Waals surface area contributed by atoms with Gasteiger partial charge in [-0.15, -0.1) is 0 Å². The van der Waals surface area contributed by atoms with Gasteiger partial charge in [-0.3, -0.25) is 4.79 Å². The van der Waals surface area contributed by atoms with Crippen LogP contribution in [0, 0.1) is 0 Å². The number of ether oxygens (including phenoxy) is 2. The molecule has 5 nitrogen and oxygen atoms in total. The second-order valence-electron chi connectivity index (χ2n) is 6.39. The third kappa shape index (κ3) is 4.61. The fourth-order valence-corrected chi connectivity index (χ4v) is 2.97. The first-order valence-corrected chi connectivity index (χ1v) is 9.18. The van der Waals surface area contributed by atoms with Crippen molar-refractivity contribution >= 4 is 16.9 Å². The summed E-state index contributed by atoms with van der Waals surface area (Å²) in [6.07, 6.45) is 1.10. The summed E-state index contributed by atoms with van der Waals surface area (Å²) in [5, 5.41) is 3.97. The SMILES string of the molecule is CCOc1cccc2cc(C(C)NC(=O)CCc3ccc(OC)cc3)oc12. The summed E-state index contributed by atoms with van der Waals surface area (Å²) in [6.45, 7) is 4.44. The van der Waals surface area contributed by atoms with Gasteiger partial charge in [0, 0.05) is 11.8 Å². The molecule has 0 aliphatic heterocycles. The standard InChI is InChI=1S/C22H25NO4/c1-4-26-19-7-5-6-17-14-20(27-22(17)19)15(2)23-21(24)13-10-16-8-11-18(25-3)12-9-16/h5-9,11-12,14-15H,4,10,13H2,1-3H3,(H,23,24). The molecule has 0 aliphatic rings. The van der Waals surface area contributed by atoms with Crippen LogP contribution >= 0.6 is 0 Å². The van der Waals surface area contributed by atoms with E-state index in [9.17, 15) is 4.79 Å². The molecule has 0 spiro atoms. The average molecular weight is 367 g/mol. The Morgan fingerprint density at radius 3 is 2.67 bits per heavy atom. The highest BCUT2D eigenvalue weighted by atomic mass is 16.5. The van der Waals surface area contributed by atoms with Crippen molar-refractivity contribution in [1.82, 2.24) is 5.32 Å². The number of hydrogen-bond donors (Lipinski definition) is 1. The molecule has 1 atom stereocenters. The molecule has 3 aromatic rings. The molecular formula is C22H25NO4. The van der Waals surface area contributed by atoms with Crippen molar-refractivity contribution in [3.8, 4) is 11.5 Å². The van der Waals surface area contributed by atoms with Crippen LogP contribution in [0.3, 0.4) is 0 Å². The second-order valence-corrected chi connectivity index (χ2v) is 6.39. The average Bonchev–Trinajstić information content (AvgIpc) is 3.12. The van der Waals surface area contributed by atoms with Gasteiger partial charge in [-0.05, 0) is 50.1 Å². The van der Waals surface area contributed by atoms with Crippen LogP contribution in [0.25, 0.3) is 11.0 Å². The summed E-state index contributed by atoms with van der Waals surface area (Å²) in [5.74, 6) is 2.24. The highest BCUT2D eigenvalue weighted by molar-refractivity contribution is 5.84. The highest BCUT2D eigenvalue weighted by Gasteiger charge is 2.16. The molecule has 5 heteroatoms. The van der Waals surface area contributed by atoms with Crippen molar-refractivity contribution < 1.29 is 18.7 Å². The van der Waals surface area contributed by atoms with Crippen LogP contribution in [-0.4, -0.2) is 19.6 Å². The lowest BCUT2D eigenvalue weighted by Crippen LogP contribution is -2.26. The summed E-state index contributed by atoms with van der Waals surface area (Å²) in [4.78, 5) is 12.3. The number of carbonyl (C=O) groups excluding carboxylic acids is 1. The minimum atomic E-state index is -0.213. The van der Waals surface area contributed by atoms with Crippen LogP contribution in [0.1, 0.15) is 37.6 Å². The Kier molecular flexibility index (Phi) is 6.01. The fourth-order valence-electron chi connectivity index (χ4n) is 2.97. The Hall–Kier alpha value is -2.95. The number of methoxy groups -OCH3 is 1. The van der Waals surface area contributed by atoms with Crippen molar-refractivity contribution in [2.45, 2.75) is 32.7 Å². The summed E-state index contributed by atoms with van der Waals surface area (Å²) >= 11 is 0. The molecule has 0 radical (unpaired) electrons. The zero-order chi connectivity index (χ0) is 19.2. The molecule has 1 unspecified atom stereocenters. The van der Waals surface area contributed by atoms with Gasteiger partial charge in [-0.25, -0.2) is 0 Å². The number of aryl methyl sites for hydroxylation is 1. The quantitative estimate of drug-likeness (QED) is 0.629. The van der Waals surface area contributed by atoms with Crippen molar-refractivity contribution in [2.75, 3.05) is 13.7 Å². The molecule has 142 valence electrons. The van der Waals surface area contributed by atoms with E-state index in [2.05, 4.69) is 5.32 Å². The van der Waals surface area contributed by atoms with E-state index in [0.29, 0.717) is 25.0 Å². The van der Waals surface area contributed by atoms with Gasteiger partial charge in [0.15, 0.2) is 11.3 Å². The van der Waals surface area contributed by atoms with Gasteiger partial charge in [-0.1, -0.05) is 24.3 Å². The van der Waals surface area contributed by atoms with Gasteiger partial charge in [0.25, 0.3) is 0 Å². The van der Waals surface area contributed by atoms with E-state index in [0.717, 1.165) is 28.2 Å². The van der Waals surface area contributed by atoms with Crippen LogP contribution in [0.2, 0.25) is 0 Å². The number of rotatable bonds is 8.